The Balaban J connectivity index is 1.19. The van der Waals surface area contributed by atoms with E-state index in [-0.39, 0.29) is 22.7 Å². The van der Waals surface area contributed by atoms with Crippen molar-refractivity contribution in [1.82, 2.24) is 0 Å². The number of Topliss-reactive ketones (excluding diaryl/α,β-unsaturated/α-hetero) is 1. The number of carbonyl (C=O) groups is 2. The van der Waals surface area contributed by atoms with E-state index in [2.05, 4.69) is 26.0 Å². The number of halogens is 1. The fourth-order valence-corrected chi connectivity index (χ4v) is 8.50. The number of fused-ring (bicyclic) bond motifs is 5. The number of allylic oxidation sites excluding steroid dienone is 3. The molecule has 4 aliphatic rings. The van der Waals surface area contributed by atoms with Gasteiger partial charge < -0.3 is 5.11 Å². The molecule has 1 N–H and O–H groups in total. The molecule has 4 aliphatic carbocycles. The molecule has 4 heteroatoms. The van der Waals surface area contributed by atoms with Gasteiger partial charge in [-0.2, -0.15) is 0 Å². The number of rotatable bonds is 4. The van der Waals surface area contributed by atoms with Gasteiger partial charge in [0.25, 0.3) is 0 Å². The number of carbonyl (C=O) groups excluding carboxylic acids is 2. The van der Waals surface area contributed by atoms with Crippen LogP contribution in [-0.2, 0) is 4.79 Å². The van der Waals surface area contributed by atoms with E-state index in [0.717, 1.165) is 61.6 Å². The summed E-state index contributed by atoms with van der Waals surface area (Å²) in [4.78, 5) is 26.3. The Labute approximate surface area is 236 Å². The van der Waals surface area contributed by atoms with E-state index in [1.807, 2.05) is 30.3 Å². The van der Waals surface area contributed by atoms with Gasteiger partial charge in [0.05, 0.1) is 11.1 Å². The molecule has 2 aromatic carbocycles. The number of aliphatic hydroxyl groups excluding tert-OH is 1. The molecule has 3 unspecified atom stereocenters. The summed E-state index contributed by atoms with van der Waals surface area (Å²) >= 11 is 6.15. The van der Waals surface area contributed by atoms with Crippen LogP contribution in [-0.4, -0.2) is 22.8 Å². The second-order valence-electron chi connectivity index (χ2n) is 12.7. The number of aliphatic hydroxyl groups is 1. The largest absolute Gasteiger partial charge is 0.393 e. The van der Waals surface area contributed by atoms with Crippen LogP contribution >= 0.6 is 11.6 Å². The summed E-state index contributed by atoms with van der Waals surface area (Å²) in [6, 6.07) is 15.1. The first-order chi connectivity index (χ1) is 18.7. The van der Waals surface area contributed by atoms with Crippen LogP contribution in [0, 0.1) is 28.6 Å². The van der Waals surface area contributed by atoms with Crippen LogP contribution in [0.5, 0.6) is 0 Å². The molecule has 6 atom stereocenters. The second kappa shape index (κ2) is 10.0. The van der Waals surface area contributed by atoms with Gasteiger partial charge in [-0.15, -0.1) is 0 Å². The van der Waals surface area contributed by atoms with Gasteiger partial charge in [-0.25, -0.2) is 0 Å². The SMILES string of the molecule is C[C@]12CC[C@H](O)CC1=CCC1C2CC[C@]2(C)C(=O)/C(=C/c3ccc(/C=C/C(=O)c4ccccc4Cl)cc3)CC12. The predicted molar refractivity (Wildman–Crippen MR) is 157 cm³/mol. The molecule has 0 saturated heterocycles. The van der Waals surface area contributed by atoms with E-state index in [9.17, 15) is 14.7 Å². The Hall–Kier alpha value is -2.75. The van der Waals surface area contributed by atoms with Gasteiger partial charge in [0.2, 0.25) is 0 Å². The molecule has 2 aromatic rings. The molecule has 3 fully saturated rings. The summed E-state index contributed by atoms with van der Waals surface area (Å²) in [5, 5.41) is 10.7. The Kier molecular flexibility index (Phi) is 6.80. The lowest BCUT2D eigenvalue weighted by Crippen LogP contribution is -2.50. The Morgan fingerprint density at radius 3 is 2.44 bits per heavy atom. The monoisotopic (exact) mass is 540 g/mol. The summed E-state index contributed by atoms with van der Waals surface area (Å²) in [6.45, 7) is 4.64. The molecule has 0 amide bonds. The fraction of sp³-hybridized carbons (Fsp3) is 0.429. The van der Waals surface area contributed by atoms with E-state index in [4.69, 9.17) is 11.6 Å². The van der Waals surface area contributed by atoms with Gasteiger partial charge in [-0.1, -0.05) is 79.6 Å². The highest BCUT2D eigenvalue weighted by molar-refractivity contribution is 6.34. The highest BCUT2D eigenvalue weighted by Crippen LogP contribution is 2.64. The summed E-state index contributed by atoms with van der Waals surface area (Å²) in [6.07, 6.45) is 14.4. The summed E-state index contributed by atoms with van der Waals surface area (Å²) in [5.74, 6) is 1.73. The van der Waals surface area contributed by atoms with Crippen molar-refractivity contribution in [2.24, 2.45) is 28.6 Å². The molecule has 39 heavy (non-hydrogen) atoms. The van der Waals surface area contributed by atoms with Gasteiger partial charge in [0, 0.05) is 11.0 Å². The molecule has 3 saturated carbocycles. The maximum Gasteiger partial charge on any atom is 0.187 e. The zero-order chi connectivity index (χ0) is 27.4. The van der Waals surface area contributed by atoms with Crippen molar-refractivity contribution < 1.29 is 14.7 Å². The lowest BCUT2D eigenvalue weighted by molar-refractivity contribution is -0.130. The molecular formula is C35H37ClO3. The van der Waals surface area contributed by atoms with Crippen LogP contribution in [0.3, 0.4) is 0 Å². The predicted octanol–water partition coefficient (Wildman–Crippen LogP) is 8.12. The third-order valence-electron chi connectivity index (χ3n) is 10.6. The summed E-state index contributed by atoms with van der Waals surface area (Å²) in [5.41, 5.74) is 4.77. The van der Waals surface area contributed by atoms with Crippen LogP contribution in [0.15, 0.2) is 71.8 Å². The first kappa shape index (κ1) is 26.5. The normalized spacial score (nSPS) is 34.9. The highest BCUT2D eigenvalue weighted by Gasteiger charge is 2.59. The van der Waals surface area contributed by atoms with Gasteiger partial charge in [0.1, 0.15) is 0 Å². The van der Waals surface area contributed by atoms with Gasteiger partial charge in [-0.05, 0) is 109 Å². The van der Waals surface area contributed by atoms with Gasteiger partial charge >= 0.3 is 0 Å². The van der Waals surface area contributed by atoms with Crippen molar-refractivity contribution >= 4 is 35.3 Å². The van der Waals surface area contributed by atoms with E-state index < -0.39 is 0 Å². The smallest absolute Gasteiger partial charge is 0.187 e. The Morgan fingerprint density at radius 1 is 0.949 bits per heavy atom. The first-order valence-electron chi connectivity index (χ1n) is 14.4. The first-order valence-corrected chi connectivity index (χ1v) is 14.8. The third kappa shape index (κ3) is 4.58. The van der Waals surface area contributed by atoms with Crippen LogP contribution in [0.2, 0.25) is 5.02 Å². The standard InChI is InChI=1S/C35H37ClO3/c1-34-17-15-26(37)21-25(34)12-13-27-29(34)16-18-35(2)30(27)20-24(33(35)39)19-23-9-7-22(8-10-23)11-14-32(38)28-5-3-4-6-31(28)36/h3-12,14,19,26-27,29-30,37H,13,15-18,20-21H2,1-2H3/b14-11+,24-19+/t26-,27?,29?,30?,34-,35-/m0/s1. The zero-order valence-corrected chi connectivity index (χ0v) is 23.6. The van der Waals surface area contributed by atoms with Crippen LogP contribution in [0.25, 0.3) is 12.2 Å². The number of hydrogen-bond acceptors (Lipinski definition) is 3. The molecule has 3 nitrogen and oxygen atoms in total. The van der Waals surface area contributed by atoms with Crippen LogP contribution in [0.1, 0.15) is 80.3 Å². The molecule has 0 aromatic heterocycles. The van der Waals surface area contributed by atoms with E-state index in [1.54, 1.807) is 30.4 Å². The summed E-state index contributed by atoms with van der Waals surface area (Å²) in [7, 11) is 0. The van der Waals surface area contributed by atoms with E-state index in [0.29, 0.717) is 34.1 Å². The van der Waals surface area contributed by atoms with E-state index >= 15 is 0 Å². The second-order valence-corrected chi connectivity index (χ2v) is 13.1. The maximum absolute atomic E-state index is 13.8. The third-order valence-corrected chi connectivity index (χ3v) is 10.9. The maximum atomic E-state index is 13.8. The minimum absolute atomic E-state index is 0.125. The molecule has 0 bridgehead atoms. The fourth-order valence-electron chi connectivity index (χ4n) is 8.27. The Morgan fingerprint density at radius 2 is 1.67 bits per heavy atom. The van der Waals surface area contributed by atoms with Crippen molar-refractivity contribution in [2.75, 3.05) is 0 Å². The topological polar surface area (TPSA) is 54.4 Å². The van der Waals surface area contributed by atoms with Crippen molar-refractivity contribution in [2.45, 2.75) is 64.9 Å². The zero-order valence-electron chi connectivity index (χ0n) is 22.8. The average molecular weight is 541 g/mol. The van der Waals surface area contributed by atoms with Crippen molar-refractivity contribution in [3.63, 3.8) is 0 Å². The van der Waals surface area contributed by atoms with Crippen LogP contribution < -0.4 is 0 Å². The molecule has 0 heterocycles. The minimum atomic E-state index is -0.273. The van der Waals surface area contributed by atoms with Crippen LogP contribution in [0.4, 0.5) is 0 Å². The molecule has 202 valence electrons. The van der Waals surface area contributed by atoms with Crippen molar-refractivity contribution in [1.29, 1.82) is 0 Å². The Bertz CT molecular complexity index is 1400. The van der Waals surface area contributed by atoms with Crippen molar-refractivity contribution in [3.05, 3.63) is 93.5 Å². The number of ketones is 2. The quantitative estimate of drug-likeness (QED) is 0.242. The number of hydrogen-bond donors (Lipinski definition) is 1. The number of benzene rings is 2. The van der Waals surface area contributed by atoms with Gasteiger partial charge in [-0.3, -0.25) is 9.59 Å². The lowest BCUT2D eigenvalue weighted by Gasteiger charge is -2.56. The molecule has 0 radical (unpaired) electrons. The average Bonchev–Trinajstić information content (AvgIpc) is 3.18. The lowest BCUT2D eigenvalue weighted by atomic mass is 9.48. The molecular weight excluding hydrogens is 504 g/mol. The molecule has 6 rings (SSSR count). The summed E-state index contributed by atoms with van der Waals surface area (Å²) < 4.78 is 0. The van der Waals surface area contributed by atoms with E-state index in [1.165, 1.54) is 5.57 Å². The van der Waals surface area contributed by atoms with Gasteiger partial charge in [0.15, 0.2) is 11.6 Å². The molecule has 0 aliphatic heterocycles. The van der Waals surface area contributed by atoms with Crippen molar-refractivity contribution in [3.8, 4) is 0 Å². The minimum Gasteiger partial charge on any atom is -0.393 e. The highest BCUT2D eigenvalue weighted by atomic mass is 35.5. The molecule has 0 spiro atoms.